The molecule has 0 N–H and O–H groups in total. The fourth-order valence-corrected chi connectivity index (χ4v) is 0. The number of rotatable bonds is 0. The Morgan fingerprint density at radius 1 is 1.00 bits per heavy atom. The molecule has 0 aliphatic carbocycles. The Labute approximate surface area is 119 Å². The van der Waals surface area contributed by atoms with E-state index < -0.39 is 5.09 Å². The largest absolute Gasteiger partial charge is 1.00 e. The van der Waals surface area contributed by atoms with Gasteiger partial charge in [0.15, 0.2) is 0 Å². The molecule has 0 bridgehead atoms. The summed E-state index contributed by atoms with van der Waals surface area (Å²) in [6, 6.07) is 0. The third kappa shape index (κ3) is 76.8. The van der Waals surface area contributed by atoms with Gasteiger partial charge in [-0.05, 0) is 0 Å². The Hall–Kier alpha value is 2.49. The third-order valence-electron chi connectivity index (χ3n) is 0. The first-order valence-corrected chi connectivity index (χ1v) is 0.548. The summed E-state index contributed by atoms with van der Waals surface area (Å²) in [5.41, 5.74) is 0. The Kier molecular flexibility index (Phi) is 88.9. The van der Waals surface area contributed by atoms with Gasteiger partial charge in [0.1, 0.15) is 0 Å². The zero-order chi connectivity index (χ0) is 3.58. The average molecular weight is 166 g/mol. The molecular formula is ClNNa3O3+. The predicted octanol–water partition coefficient (Wildman–Crippen LogP) is -12.2. The normalized spacial score (nSPS) is 3.00. The van der Waals surface area contributed by atoms with Gasteiger partial charge in [0, 0.05) is 0 Å². The van der Waals surface area contributed by atoms with Crippen LogP contribution in [0.3, 0.4) is 0 Å². The van der Waals surface area contributed by atoms with Crippen molar-refractivity contribution < 1.29 is 106 Å². The molecule has 0 atom stereocenters. The minimum absolute atomic E-state index is 0. The van der Waals surface area contributed by atoms with Crippen LogP contribution in [0.15, 0.2) is 0 Å². The molecule has 0 saturated carbocycles. The van der Waals surface area contributed by atoms with Crippen LogP contribution in [0.1, 0.15) is 0 Å². The second-order valence-corrected chi connectivity index (χ2v) is 0.224. The molecule has 8 heteroatoms. The monoisotopic (exact) mass is 166 g/mol. The fourth-order valence-electron chi connectivity index (χ4n) is 0. The summed E-state index contributed by atoms with van der Waals surface area (Å²) in [5, 5.41) is 14.8. The predicted molar refractivity (Wildman–Crippen MR) is 10.4 cm³/mol. The van der Waals surface area contributed by atoms with E-state index in [1.165, 1.54) is 0 Å². The van der Waals surface area contributed by atoms with E-state index in [0.717, 1.165) is 0 Å². The van der Waals surface area contributed by atoms with Gasteiger partial charge in [-0.15, -0.1) is 0 Å². The topological polar surface area (TPSA) is 66.2 Å². The van der Waals surface area contributed by atoms with Crippen LogP contribution in [-0.2, 0) is 0 Å². The van der Waals surface area contributed by atoms with Crippen molar-refractivity contribution in [2.45, 2.75) is 0 Å². The van der Waals surface area contributed by atoms with Crippen molar-refractivity contribution in [1.82, 2.24) is 0 Å². The number of halogens is 1. The van der Waals surface area contributed by atoms with E-state index in [0.29, 0.717) is 0 Å². The molecule has 0 radical (unpaired) electrons. The molecule has 0 aromatic rings. The quantitative estimate of drug-likeness (QED) is 0.204. The maximum absolute atomic E-state index is 8.25. The van der Waals surface area contributed by atoms with Crippen molar-refractivity contribution in [3.05, 3.63) is 15.3 Å². The molecule has 0 spiro atoms. The van der Waals surface area contributed by atoms with E-state index in [-0.39, 0.29) is 101 Å². The molecule has 0 fully saturated rings. The van der Waals surface area contributed by atoms with Gasteiger partial charge in [0.05, 0.1) is 5.09 Å². The van der Waals surface area contributed by atoms with Crippen molar-refractivity contribution >= 4 is 0 Å². The fraction of sp³-hybridized carbons (Fsp3) is 0. The van der Waals surface area contributed by atoms with E-state index >= 15 is 0 Å². The van der Waals surface area contributed by atoms with Crippen molar-refractivity contribution in [1.29, 1.82) is 0 Å². The van der Waals surface area contributed by atoms with Gasteiger partial charge in [-0.3, -0.25) is 0 Å². The van der Waals surface area contributed by atoms with Crippen LogP contribution in [-0.4, -0.2) is 5.09 Å². The molecule has 0 heterocycles. The van der Waals surface area contributed by atoms with E-state index in [9.17, 15) is 0 Å². The van der Waals surface area contributed by atoms with Crippen molar-refractivity contribution in [3.63, 3.8) is 0 Å². The van der Waals surface area contributed by atoms with Crippen LogP contribution in [0, 0.1) is 15.3 Å². The van der Waals surface area contributed by atoms with Gasteiger partial charge in [-0.1, -0.05) is 0 Å². The summed E-state index contributed by atoms with van der Waals surface area (Å²) in [6.45, 7) is 0. The average Bonchev–Trinajstić information content (AvgIpc) is 0.811. The van der Waals surface area contributed by atoms with Crippen LogP contribution in [0.2, 0.25) is 0 Å². The Balaban J connectivity index is -0.00000000750. The first kappa shape index (κ1) is 31.3. The Morgan fingerprint density at radius 3 is 1.00 bits per heavy atom. The van der Waals surface area contributed by atoms with Crippen molar-refractivity contribution in [2.24, 2.45) is 0 Å². The van der Waals surface area contributed by atoms with Crippen molar-refractivity contribution in [2.75, 3.05) is 0 Å². The molecule has 8 heavy (non-hydrogen) atoms. The van der Waals surface area contributed by atoms with Crippen LogP contribution < -0.4 is 101 Å². The summed E-state index contributed by atoms with van der Waals surface area (Å²) in [4.78, 5) is 8.25. The molecule has 0 unspecified atom stereocenters. The Morgan fingerprint density at radius 2 is 1.00 bits per heavy atom. The van der Waals surface area contributed by atoms with Crippen LogP contribution >= 0.6 is 0 Å². The molecule has 0 aromatic heterocycles. The Bertz CT molecular complexity index is 37.5. The van der Waals surface area contributed by atoms with Gasteiger partial charge < -0.3 is 27.7 Å². The first-order chi connectivity index (χ1) is 1.73. The van der Waals surface area contributed by atoms with Crippen LogP contribution in [0.5, 0.6) is 0 Å². The van der Waals surface area contributed by atoms with E-state index in [2.05, 4.69) is 0 Å². The van der Waals surface area contributed by atoms with E-state index in [1.807, 2.05) is 0 Å². The maximum Gasteiger partial charge on any atom is 1.00 e. The standard InChI is InChI=1S/ClH.NO3.3Na/c;2-1(3)4;;;/h1H;;;;/q;-1;3*+1/p-1. The molecule has 4 nitrogen and oxygen atoms in total. The number of hydrogen-bond donors (Lipinski definition) is 0. The van der Waals surface area contributed by atoms with Crippen LogP contribution in [0.25, 0.3) is 0 Å². The molecule has 0 saturated heterocycles. The van der Waals surface area contributed by atoms with Gasteiger partial charge >= 0.3 is 88.7 Å². The van der Waals surface area contributed by atoms with Gasteiger partial charge in [0.25, 0.3) is 0 Å². The summed E-state index contributed by atoms with van der Waals surface area (Å²) in [6.07, 6.45) is 0. The third-order valence-corrected chi connectivity index (χ3v) is 0. The molecule has 32 valence electrons. The first-order valence-electron chi connectivity index (χ1n) is 0.548. The zero-order valence-corrected chi connectivity index (χ0v) is 11.8. The minimum atomic E-state index is -1.75. The summed E-state index contributed by atoms with van der Waals surface area (Å²) in [7, 11) is 0. The SMILES string of the molecule is O=[N+]([O-])[O-].[Cl-].[Na+].[Na+].[Na+]. The number of nitrogens with zero attached hydrogens (tertiary/aromatic N) is 1. The molecular weight excluding hydrogens is 166 g/mol. The number of hydrogen-bond acceptors (Lipinski definition) is 3. The second-order valence-electron chi connectivity index (χ2n) is 0.224. The van der Waals surface area contributed by atoms with E-state index in [4.69, 9.17) is 15.3 Å². The zero-order valence-electron chi connectivity index (χ0n) is 5.05. The van der Waals surface area contributed by atoms with Crippen LogP contribution in [0.4, 0.5) is 0 Å². The summed E-state index contributed by atoms with van der Waals surface area (Å²) in [5.74, 6) is 0. The van der Waals surface area contributed by atoms with E-state index in [1.54, 1.807) is 0 Å². The minimum Gasteiger partial charge on any atom is -1.00 e. The van der Waals surface area contributed by atoms with Gasteiger partial charge in [-0.25, -0.2) is 0 Å². The molecule has 0 aromatic carbocycles. The molecule has 0 aliphatic heterocycles. The van der Waals surface area contributed by atoms with Crippen molar-refractivity contribution in [3.8, 4) is 0 Å². The summed E-state index contributed by atoms with van der Waals surface area (Å²) >= 11 is 0. The summed E-state index contributed by atoms with van der Waals surface area (Å²) < 4.78 is 0. The molecule has 0 rings (SSSR count). The smallest absolute Gasteiger partial charge is 1.00 e. The second kappa shape index (κ2) is 22.7. The molecule has 0 aliphatic rings. The maximum atomic E-state index is 8.25. The van der Waals surface area contributed by atoms with Gasteiger partial charge in [-0.2, -0.15) is 0 Å². The molecule has 0 amide bonds. The van der Waals surface area contributed by atoms with Gasteiger partial charge in [0.2, 0.25) is 0 Å².